The van der Waals surface area contributed by atoms with Crippen molar-refractivity contribution in [3.63, 3.8) is 0 Å². The number of fused-ring (bicyclic) bond motifs is 1. The summed E-state index contributed by atoms with van der Waals surface area (Å²) in [6.07, 6.45) is -1.08. The molecule has 2 heterocycles. The molecular formula is C32H29F3N4O4. The van der Waals surface area contributed by atoms with Gasteiger partial charge in [0, 0.05) is 40.3 Å². The highest BCUT2D eigenvalue weighted by Crippen LogP contribution is 2.43. The van der Waals surface area contributed by atoms with Gasteiger partial charge < -0.3 is 14.7 Å². The number of aryl methyl sites for hydroxylation is 3. The molecular weight excluding hydrogens is 561 g/mol. The molecule has 11 heteroatoms. The molecule has 222 valence electrons. The second kappa shape index (κ2) is 11.8. The van der Waals surface area contributed by atoms with Crippen LogP contribution in [0.2, 0.25) is 0 Å². The van der Waals surface area contributed by atoms with Gasteiger partial charge in [-0.05, 0) is 43.5 Å². The number of aliphatic carboxylic acids is 1. The minimum Gasteiger partial charge on any atom is -0.478 e. The summed E-state index contributed by atoms with van der Waals surface area (Å²) in [6, 6.07) is 16.3. The van der Waals surface area contributed by atoms with Crippen molar-refractivity contribution in [2.24, 2.45) is 0 Å². The number of nitrogens with one attached hydrogen (secondary N) is 1. The Morgan fingerprint density at radius 2 is 1.70 bits per heavy atom. The lowest BCUT2D eigenvalue weighted by atomic mass is 9.76. The Labute approximate surface area is 246 Å². The Morgan fingerprint density at radius 1 is 1.02 bits per heavy atom. The average molecular weight is 591 g/mol. The van der Waals surface area contributed by atoms with Crippen LogP contribution in [0.1, 0.15) is 40.6 Å². The van der Waals surface area contributed by atoms with E-state index in [1.54, 1.807) is 56.3 Å². The molecule has 3 aromatic carbocycles. The number of hydrogen-bond donors (Lipinski definition) is 2. The molecule has 4 aromatic rings. The monoisotopic (exact) mass is 590 g/mol. The SMILES string of the molecule is CCc1cccc(C2(C(Oc3nc(C)cc(C)n3)C(=O)O)NCC(=O)N(Cc3c(F)cc(F)cc3F)c3ccccc32)c1. The highest BCUT2D eigenvalue weighted by molar-refractivity contribution is 5.97. The van der Waals surface area contributed by atoms with Crippen LogP contribution in [0, 0.1) is 31.3 Å². The van der Waals surface area contributed by atoms with Crippen molar-refractivity contribution in [1.29, 1.82) is 0 Å². The van der Waals surface area contributed by atoms with Crippen LogP contribution in [0.3, 0.4) is 0 Å². The minimum atomic E-state index is -1.71. The predicted octanol–water partition coefficient (Wildman–Crippen LogP) is 4.99. The maximum Gasteiger partial charge on any atom is 0.347 e. The summed E-state index contributed by atoms with van der Waals surface area (Å²) in [5.41, 5.74) is 0.766. The van der Waals surface area contributed by atoms with Gasteiger partial charge in [0.2, 0.25) is 12.0 Å². The first-order chi connectivity index (χ1) is 20.5. The van der Waals surface area contributed by atoms with Gasteiger partial charge in [-0.1, -0.05) is 49.4 Å². The first kappa shape index (κ1) is 29.7. The molecule has 2 unspecified atom stereocenters. The second-order valence-corrected chi connectivity index (χ2v) is 10.3. The number of hydrogen-bond acceptors (Lipinski definition) is 6. The maximum absolute atomic E-state index is 14.8. The van der Waals surface area contributed by atoms with Crippen LogP contribution < -0.4 is 15.0 Å². The van der Waals surface area contributed by atoms with E-state index in [2.05, 4.69) is 15.3 Å². The van der Waals surface area contributed by atoms with Gasteiger partial charge in [-0.25, -0.2) is 27.9 Å². The molecule has 43 heavy (non-hydrogen) atoms. The Kier molecular flexibility index (Phi) is 8.19. The zero-order valence-electron chi connectivity index (χ0n) is 23.7. The van der Waals surface area contributed by atoms with Gasteiger partial charge >= 0.3 is 12.0 Å². The molecule has 0 aliphatic carbocycles. The Hall–Kier alpha value is -4.77. The summed E-state index contributed by atoms with van der Waals surface area (Å²) in [6.45, 7) is 4.39. The van der Waals surface area contributed by atoms with Gasteiger partial charge in [0.25, 0.3) is 0 Å². The number of anilines is 1. The number of rotatable bonds is 8. The van der Waals surface area contributed by atoms with Crippen LogP contribution in [0.25, 0.3) is 0 Å². The number of carbonyl (C=O) groups is 2. The lowest BCUT2D eigenvalue weighted by molar-refractivity contribution is -0.149. The van der Waals surface area contributed by atoms with E-state index in [1.165, 1.54) is 0 Å². The molecule has 0 bridgehead atoms. The maximum atomic E-state index is 14.8. The van der Waals surface area contributed by atoms with E-state index in [-0.39, 0.29) is 11.7 Å². The average Bonchev–Trinajstić information content (AvgIpc) is 3.07. The molecule has 0 radical (unpaired) electrons. The van der Waals surface area contributed by atoms with E-state index < -0.39 is 59.6 Å². The molecule has 2 N–H and O–H groups in total. The predicted molar refractivity (Wildman–Crippen MR) is 152 cm³/mol. The fourth-order valence-corrected chi connectivity index (χ4v) is 5.49. The van der Waals surface area contributed by atoms with Crippen molar-refractivity contribution in [2.45, 2.75) is 45.4 Å². The number of carboxylic acids is 1. The van der Waals surface area contributed by atoms with Crippen molar-refractivity contribution in [3.05, 3.63) is 118 Å². The smallest absolute Gasteiger partial charge is 0.347 e. The quantitative estimate of drug-likeness (QED) is 0.298. The molecule has 1 amide bonds. The number of carboxylic acid groups (broad SMARTS) is 1. The normalized spacial score (nSPS) is 17.3. The number of benzene rings is 3. The van der Waals surface area contributed by atoms with Gasteiger partial charge in [-0.3, -0.25) is 10.1 Å². The lowest BCUT2D eigenvalue weighted by Gasteiger charge is -2.39. The van der Waals surface area contributed by atoms with Crippen LogP contribution in [0.5, 0.6) is 6.01 Å². The zero-order chi connectivity index (χ0) is 30.9. The van der Waals surface area contributed by atoms with Gasteiger partial charge in [0.15, 0.2) is 0 Å². The van der Waals surface area contributed by atoms with E-state index in [4.69, 9.17) is 4.74 Å². The number of halogens is 3. The molecule has 5 rings (SSSR count). The Bertz CT molecular complexity index is 1670. The zero-order valence-corrected chi connectivity index (χ0v) is 23.7. The van der Waals surface area contributed by atoms with Crippen molar-refractivity contribution < 1.29 is 32.6 Å². The third-order valence-electron chi connectivity index (χ3n) is 7.45. The van der Waals surface area contributed by atoms with Crippen LogP contribution in [0.4, 0.5) is 18.9 Å². The molecule has 0 saturated carbocycles. The van der Waals surface area contributed by atoms with Gasteiger partial charge in [0.05, 0.1) is 13.1 Å². The topological polar surface area (TPSA) is 105 Å². The summed E-state index contributed by atoms with van der Waals surface area (Å²) in [4.78, 5) is 36.6. The third-order valence-corrected chi connectivity index (χ3v) is 7.45. The number of para-hydroxylation sites is 1. The number of amides is 1. The van der Waals surface area contributed by atoms with Crippen molar-refractivity contribution >= 4 is 17.6 Å². The van der Waals surface area contributed by atoms with E-state index in [9.17, 15) is 27.9 Å². The number of aromatic nitrogens is 2. The summed E-state index contributed by atoms with van der Waals surface area (Å²) in [5, 5.41) is 13.9. The van der Waals surface area contributed by atoms with Crippen LogP contribution in [-0.2, 0) is 28.1 Å². The summed E-state index contributed by atoms with van der Waals surface area (Å²) in [5.74, 6) is -5.37. The van der Waals surface area contributed by atoms with E-state index in [0.29, 0.717) is 41.1 Å². The first-order valence-corrected chi connectivity index (χ1v) is 13.6. The second-order valence-electron chi connectivity index (χ2n) is 10.3. The number of nitrogens with zero attached hydrogens (tertiary/aromatic N) is 3. The molecule has 0 fully saturated rings. The Morgan fingerprint density at radius 3 is 2.35 bits per heavy atom. The summed E-state index contributed by atoms with van der Waals surface area (Å²) in [7, 11) is 0. The van der Waals surface area contributed by atoms with Crippen molar-refractivity contribution in [2.75, 3.05) is 11.4 Å². The van der Waals surface area contributed by atoms with Gasteiger partial charge in [0.1, 0.15) is 23.0 Å². The lowest BCUT2D eigenvalue weighted by Crippen LogP contribution is -2.58. The summed E-state index contributed by atoms with van der Waals surface area (Å²) < 4.78 is 49.3. The number of ether oxygens (including phenoxy) is 1. The highest BCUT2D eigenvalue weighted by atomic mass is 19.1. The molecule has 1 aromatic heterocycles. The third kappa shape index (κ3) is 5.68. The Balaban J connectivity index is 1.76. The summed E-state index contributed by atoms with van der Waals surface area (Å²) >= 11 is 0. The highest BCUT2D eigenvalue weighted by Gasteiger charge is 2.52. The van der Waals surface area contributed by atoms with Crippen LogP contribution >= 0.6 is 0 Å². The molecule has 2 atom stereocenters. The van der Waals surface area contributed by atoms with Crippen LogP contribution in [0.15, 0.2) is 66.7 Å². The van der Waals surface area contributed by atoms with Crippen molar-refractivity contribution in [3.8, 4) is 6.01 Å². The van der Waals surface area contributed by atoms with E-state index in [1.807, 2.05) is 19.1 Å². The van der Waals surface area contributed by atoms with E-state index >= 15 is 0 Å². The van der Waals surface area contributed by atoms with Gasteiger partial charge in [-0.15, -0.1) is 0 Å². The standard InChI is InChI=1S/C32H29F3N4O4/c1-4-20-8-7-9-21(13-20)32(29(30(41)42)43-31-37-18(2)12-19(3)38-31)24-10-5-6-11-27(24)39(28(40)16-36-32)17-23-25(34)14-22(33)15-26(23)35/h5-15,29,36H,4,16-17H2,1-3H3,(H,41,42). The molecule has 8 nitrogen and oxygen atoms in total. The van der Waals surface area contributed by atoms with Gasteiger partial charge in [-0.2, -0.15) is 0 Å². The molecule has 0 spiro atoms. The first-order valence-electron chi connectivity index (χ1n) is 13.6. The van der Waals surface area contributed by atoms with Crippen molar-refractivity contribution in [1.82, 2.24) is 15.3 Å². The number of carbonyl (C=O) groups excluding carboxylic acids is 1. The van der Waals surface area contributed by atoms with E-state index in [0.717, 1.165) is 10.5 Å². The minimum absolute atomic E-state index is 0.168. The molecule has 1 aliphatic rings. The fourth-order valence-electron chi connectivity index (χ4n) is 5.49. The van der Waals surface area contributed by atoms with Crippen LogP contribution in [-0.4, -0.2) is 39.6 Å². The largest absolute Gasteiger partial charge is 0.478 e. The fraction of sp³-hybridized carbons (Fsp3) is 0.250. The molecule has 1 aliphatic heterocycles. The molecule has 0 saturated heterocycles.